The van der Waals surface area contributed by atoms with E-state index in [2.05, 4.69) is 26.8 Å². The van der Waals surface area contributed by atoms with Crippen LogP contribution in [0.2, 0.25) is 0 Å². The van der Waals surface area contributed by atoms with Crippen LogP contribution in [0.25, 0.3) is 11.0 Å². The summed E-state index contributed by atoms with van der Waals surface area (Å²) in [6, 6.07) is 3.24. The van der Waals surface area contributed by atoms with E-state index in [1.54, 1.807) is 6.26 Å². The highest BCUT2D eigenvalue weighted by Crippen LogP contribution is 2.30. The topological polar surface area (TPSA) is 80.0 Å². The van der Waals surface area contributed by atoms with Crippen molar-refractivity contribution >= 4 is 22.8 Å². The van der Waals surface area contributed by atoms with Crippen LogP contribution in [0.3, 0.4) is 0 Å². The molecule has 1 saturated heterocycles. The monoisotopic (exact) mass is 359 g/mol. The quantitative estimate of drug-likeness (QED) is 0.887. The van der Waals surface area contributed by atoms with Gasteiger partial charge in [0, 0.05) is 31.0 Å². The Bertz CT molecular complexity index is 838. The minimum Gasteiger partial charge on any atom is -0.480 e. The van der Waals surface area contributed by atoms with Crippen LogP contribution in [0.1, 0.15) is 42.9 Å². The summed E-state index contributed by atoms with van der Waals surface area (Å²) in [4.78, 5) is 25.7. The number of ether oxygens (including phenoxy) is 1. The summed E-state index contributed by atoms with van der Waals surface area (Å²) in [5.74, 6) is -0.839. The number of nitrogens with zero attached hydrogens (tertiary/aromatic N) is 1. The Morgan fingerprint density at radius 2 is 2.12 bits per heavy atom. The molecule has 0 bridgehead atoms. The van der Waals surface area contributed by atoms with Crippen molar-refractivity contribution in [2.24, 2.45) is 0 Å². The molecule has 26 heavy (non-hydrogen) atoms. The molecule has 0 radical (unpaired) electrons. The van der Waals surface area contributed by atoms with Gasteiger partial charge in [0.2, 0.25) is 5.91 Å². The van der Waals surface area contributed by atoms with E-state index in [0.29, 0.717) is 18.9 Å². The number of carboxylic acid groups (broad SMARTS) is 1. The van der Waals surface area contributed by atoms with Crippen molar-refractivity contribution < 1.29 is 23.8 Å². The Hall–Kier alpha value is -2.34. The van der Waals surface area contributed by atoms with Gasteiger partial charge in [-0.15, -0.1) is 0 Å². The minimum absolute atomic E-state index is 0.119. The highest BCUT2D eigenvalue weighted by molar-refractivity contribution is 5.90. The molecule has 6 nitrogen and oxygen atoms in total. The second kappa shape index (κ2) is 7.11. The van der Waals surface area contributed by atoms with Crippen molar-refractivity contribution in [3.8, 4) is 0 Å². The molecule has 2 atom stereocenters. The van der Waals surface area contributed by atoms with Crippen LogP contribution in [-0.2, 0) is 20.7 Å². The first kappa shape index (κ1) is 18.5. The van der Waals surface area contributed by atoms with Crippen LogP contribution in [0.5, 0.6) is 0 Å². The van der Waals surface area contributed by atoms with Crippen molar-refractivity contribution in [1.82, 2.24) is 4.90 Å². The van der Waals surface area contributed by atoms with Gasteiger partial charge in [0.25, 0.3) is 0 Å². The largest absolute Gasteiger partial charge is 0.480 e. The number of carboxylic acids is 1. The number of carbonyl (C=O) groups excluding carboxylic acids is 1. The number of furan rings is 1. The predicted molar refractivity (Wildman–Crippen MR) is 97.3 cm³/mol. The van der Waals surface area contributed by atoms with E-state index in [1.165, 1.54) is 17.6 Å². The Morgan fingerprint density at radius 3 is 2.73 bits per heavy atom. The number of aliphatic carboxylic acids is 1. The molecule has 6 heteroatoms. The lowest BCUT2D eigenvalue weighted by molar-refractivity contribution is -0.147. The van der Waals surface area contributed by atoms with E-state index in [1.807, 2.05) is 6.07 Å². The molecule has 2 unspecified atom stereocenters. The smallest absolute Gasteiger partial charge is 0.326 e. The molecule has 1 fully saturated rings. The van der Waals surface area contributed by atoms with Gasteiger partial charge in [-0.2, -0.15) is 0 Å². The van der Waals surface area contributed by atoms with Gasteiger partial charge in [-0.1, -0.05) is 13.8 Å². The van der Waals surface area contributed by atoms with Gasteiger partial charge in [-0.05, 0) is 36.1 Å². The second-order valence-corrected chi connectivity index (χ2v) is 7.29. The van der Waals surface area contributed by atoms with Crippen molar-refractivity contribution in [2.75, 3.05) is 13.7 Å². The van der Waals surface area contributed by atoms with Gasteiger partial charge in [0.1, 0.15) is 11.6 Å². The fraction of sp³-hybridized carbons (Fsp3) is 0.500. The van der Waals surface area contributed by atoms with Gasteiger partial charge in [0.05, 0.1) is 18.8 Å². The maximum atomic E-state index is 12.8. The molecular weight excluding hydrogens is 334 g/mol. The number of carbonyl (C=O) groups is 2. The highest BCUT2D eigenvalue weighted by atomic mass is 16.5. The van der Waals surface area contributed by atoms with E-state index in [-0.39, 0.29) is 18.4 Å². The van der Waals surface area contributed by atoms with E-state index >= 15 is 0 Å². The fourth-order valence-electron chi connectivity index (χ4n) is 3.75. The van der Waals surface area contributed by atoms with E-state index in [4.69, 9.17) is 9.15 Å². The van der Waals surface area contributed by atoms with Crippen LogP contribution in [0, 0.1) is 6.92 Å². The van der Waals surface area contributed by atoms with Crippen molar-refractivity contribution in [2.45, 2.75) is 51.7 Å². The van der Waals surface area contributed by atoms with Gasteiger partial charge >= 0.3 is 5.97 Å². The fourth-order valence-corrected chi connectivity index (χ4v) is 3.75. The van der Waals surface area contributed by atoms with Crippen LogP contribution in [0.4, 0.5) is 0 Å². The first-order valence-corrected chi connectivity index (χ1v) is 8.87. The van der Waals surface area contributed by atoms with Gasteiger partial charge in [0.15, 0.2) is 0 Å². The Labute approximate surface area is 152 Å². The van der Waals surface area contributed by atoms with Crippen LogP contribution in [0.15, 0.2) is 22.8 Å². The zero-order valence-corrected chi connectivity index (χ0v) is 15.6. The number of aryl methyl sites for hydroxylation is 1. The maximum absolute atomic E-state index is 12.8. The van der Waals surface area contributed by atoms with Gasteiger partial charge in [-0.3, -0.25) is 4.79 Å². The van der Waals surface area contributed by atoms with Gasteiger partial charge < -0.3 is 19.2 Å². The average Bonchev–Trinajstić information content (AvgIpc) is 3.18. The summed E-state index contributed by atoms with van der Waals surface area (Å²) < 4.78 is 10.9. The SMILES string of the molecule is COC1CC(C(=O)O)N(C(=O)Cc2coc3cc(C)c(C(C)C)cc23)C1. The zero-order valence-electron chi connectivity index (χ0n) is 15.6. The Balaban J connectivity index is 1.87. The minimum atomic E-state index is -0.993. The maximum Gasteiger partial charge on any atom is 0.326 e. The average molecular weight is 359 g/mol. The van der Waals surface area contributed by atoms with Crippen molar-refractivity contribution in [3.63, 3.8) is 0 Å². The number of likely N-dealkylation sites (tertiary alicyclic amines) is 1. The number of benzene rings is 1. The summed E-state index contributed by atoms with van der Waals surface area (Å²) in [5.41, 5.74) is 3.92. The molecule has 1 aliphatic heterocycles. The molecule has 1 aliphatic rings. The molecule has 1 aromatic heterocycles. The number of amides is 1. The summed E-state index contributed by atoms with van der Waals surface area (Å²) in [6.07, 6.45) is 1.80. The summed E-state index contributed by atoms with van der Waals surface area (Å²) >= 11 is 0. The van der Waals surface area contributed by atoms with Crippen molar-refractivity contribution in [3.05, 3.63) is 35.1 Å². The van der Waals surface area contributed by atoms with E-state index in [0.717, 1.165) is 22.1 Å². The third kappa shape index (κ3) is 3.33. The molecule has 0 spiro atoms. The molecule has 140 valence electrons. The first-order valence-electron chi connectivity index (χ1n) is 8.87. The zero-order chi connectivity index (χ0) is 19.0. The van der Waals surface area contributed by atoms with Crippen molar-refractivity contribution in [1.29, 1.82) is 0 Å². The van der Waals surface area contributed by atoms with E-state index < -0.39 is 12.0 Å². The molecule has 0 aliphatic carbocycles. The van der Waals surface area contributed by atoms with E-state index in [9.17, 15) is 14.7 Å². The molecule has 2 aromatic rings. The van der Waals surface area contributed by atoms with Crippen LogP contribution >= 0.6 is 0 Å². The summed E-state index contributed by atoms with van der Waals surface area (Å²) in [5, 5.41) is 10.3. The molecule has 1 N–H and O–H groups in total. The Kier molecular flexibility index (Phi) is 5.05. The summed E-state index contributed by atoms with van der Waals surface area (Å²) in [6.45, 7) is 6.62. The lowest BCUT2D eigenvalue weighted by Gasteiger charge is -2.21. The normalized spacial score (nSPS) is 20.3. The molecule has 3 rings (SSSR count). The Morgan fingerprint density at radius 1 is 1.38 bits per heavy atom. The summed E-state index contributed by atoms with van der Waals surface area (Å²) in [7, 11) is 1.54. The third-order valence-electron chi connectivity index (χ3n) is 5.21. The number of methoxy groups -OCH3 is 1. The lowest BCUT2D eigenvalue weighted by Crippen LogP contribution is -2.41. The van der Waals surface area contributed by atoms with Crippen LogP contribution in [-0.4, -0.2) is 47.7 Å². The second-order valence-electron chi connectivity index (χ2n) is 7.29. The van der Waals surface area contributed by atoms with Gasteiger partial charge in [-0.25, -0.2) is 4.79 Å². The number of hydrogen-bond acceptors (Lipinski definition) is 4. The molecule has 0 saturated carbocycles. The molecule has 2 heterocycles. The third-order valence-corrected chi connectivity index (χ3v) is 5.21. The number of rotatable bonds is 5. The molecule has 1 amide bonds. The van der Waals surface area contributed by atoms with Crippen LogP contribution < -0.4 is 0 Å². The lowest BCUT2D eigenvalue weighted by atomic mass is 9.95. The number of hydrogen-bond donors (Lipinski definition) is 1. The molecular formula is C20H25NO5. The molecule has 1 aromatic carbocycles. The number of fused-ring (bicyclic) bond motifs is 1. The standard InChI is InChI=1S/C20H25NO5/c1-11(2)15-8-16-13(10-26-18(16)5-12(15)3)6-19(22)21-9-14(25-4)7-17(21)20(23)24/h5,8,10-11,14,17H,6-7,9H2,1-4H3,(H,23,24). The predicted octanol–water partition coefficient (Wildman–Crippen LogP) is 3.11. The first-order chi connectivity index (χ1) is 12.3. The highest BCUT2D eigenvalue weighted by Gasteiger charge is 2.39.